The molecule has 32 heavy (non-hydrogen) atoms. The van der Waals surface area contributed by atoms with Gasteiger partial charge in [-0.15, -0.1) is 0 Å². The largest absolute Gasteiger partial charge is 0.383 e. The van der Waals surface area contributed by atoms with Crippen molar-refractivity contribution in [3.8, 4) is 0 Å². The van der Waals surface area contributed by atoms with Crippen molar-refractivity contribution < 1.29 is 14.4 Å². The summed E-state index contributed by atoms with van der Waals surface area (Å²) < 4.78 is 13.1. The van der Waals surface area contributed by atoms with Crippen molar-refractivity contribution in [3.05, 3.63) is 57.4 Å². The molecule has 0 saturated heterocycles. The Morgan fingerprint density at radius 2 is 2.00 bits per heavy atom. The minimum atomic E-state index is -0.428. The first-order valence-corrected chi connectivity index (χ1v) is 12.0. The molecule has 8 nitrogen and oxygen atoms in total. The predicted molar refractivity (Wildman–Crippen MR) is 130 cm³/mol. The number of aromatic nitrogens is 1. The normalized spacial score (nSPS) is 14.9. The molecule has 174 valence electrons. The van der Waals surface area contributed by atoms with E-state index in [9.17, 15) is 10.1 Å². The number of nitro benzene ring substituents is 1. The molecular formula is C23H32N4O4S. The maximum atomic E-state index is 11.7. The fourth-order valence-corrected chi connectivity index (χ4v) is 6.16. The van der Waals surface area contributed by atoms with Crippen LogP contribution >= 0.6 is 10.7 Å². The molecule has 1 aliphatic heterocycles. The van der Waals surface area contributed by atoms with Gasteiger partial charge in [0.15, 0.2) is 0 Å². The van der Waals surface area contributed by atoms with E-state index in [1.54, 1.807) is 26.4 Å². The summed E-state index contributed by atoms with van der Waals surface area (Å²) in [6.45, 7) is 8.05. The first kappa shape index (κ1) is 24.3. The van der Waals surface area contributed by atoms with E-state index in [0.29, 0.717) is 26.3 Å². The highest BCUT2D eigenvalue weighted by Crippen LogP contribution is 2.43. The third kappa shape index (κ3) is 5.53. The van der Waals surface area contributed by atoms with Crippen molar-refractivity contribution in [1.82, 2.24) is 9.29 Å². The zero-order valence-electron chi connectivity index (χ0n) is 19.2. The van der Waals surface area contributed by atoms with Gasteiger partial charge < -0.3 is 14.4 Å². The first-order valence-electron chi connectivity index (χ1n) is 10.7. The van der Waals surface area contributed by atoms with Gasteiger partial charge in [-0.3, -0.25) is 15.1 Å². The Kier molecular flexibility index (Phi) is 8.75. The van der Waals surface area contributed by atoms with Crippen LogP contribution in [0.1, 0.15) is 23.7 Å². The Morgan fingerprint density at radius 1 is 1.28 bits per heavy atom. The lowest BCUT2D eigenvalue weighted by molar-refractivity contribution is -0.385. The van der Waals surface area contributed by atoms with E-state index < -0.39 is 10.7 Å². The highest BCUT2D eigenvalue weighted by atomic mass is 32.2. The Morgan fingerprint density at radius 3 is 2.62 bits per heavy atom. The maximum absolute atomic E-state index is 11.7. The van der Waals surface area contributed by atoms with E-state index in [1.807, 2.05) is 26.1 Å². The lowest BCUT2D eigenvalue weighted by Crippen LogP contribution is -2.33. The van der Waals surface area contributed by atoms with E-state index in [4.69, 9.17) is 9.47 Å². The van der Waals surface area contributed by atoms with Gasteiger partial charge in [-0.1, -0.05) is 16.7 Å². The van der Waals surface area contributed by atoms with Crippen molar-refractivity contribution >= 4 is 27.4 Å². The molecule has 1 unspecified atom stereocenters. The molecule has 1 aromatic carbocycles. The topological polar surface area (TPSA) is 81.0 Å². The number of fused-ring (bicyclic) bond motifs is 1. The van der Waals surface area contributed by atoms with Crippen LogP contribution < -0.4 is 4.90 Å². The quantitative estimate of drug-likeness (QED) is 0.303. The number of hydrogen-bond donors (Lipinski definition) is 0. The molecule has 3 rings (SSSR count). The SMILES string of the molecule is C/C=S(\c1cc([N+](=O)[O-])cc(C)c1N(CCOC)CCOC)N1CCc2cccnc2C1. The fraction of sp³-hybridized carbons (Fsp3) is 0.478. The number of hydrogen-bond acceptors (Lipinski definition) is 7. The smallest absolute Gasteiger partial charge is 0.270 e. The molecule has 0 fully saturated rings. The van der Waals surface area contributed by atoms with Crippen LogP contribution in [0.4, 0.5) is 11.4 Å². The van der Waals surface area contributed by atoms with Gasteiger partial charge in [0, 0.05) is 57.1 Å². The second kappa shape index (κ2) is 11.5. The molecule has 0 bridgehead atoms. The zero-order valence-corrected chi connectivity index (χ0v) is 20.1. The van der Waals surface area contributed by atoms with Gasteiger partial charge in [0.25, 0.3) is 5.69 Å². The summed E-state index contributed by atoms with van der Waals surface area (Å²) >= 11 is 0. The second-order valence-corrected chi connectivity index (χ2v) is 9.67. The molecule has 0 amide bonds. The molecule has 0 spiro atoms. The summed E-state index contributed by atoms with van der Waals surface area (Å²) in [5, 5.41) is 13.9. The van der Waals surface area contributed by atoms with E-state index >= 15 is 0 Å². The average Bonchev–Trinajstić information content (AvgIpc) is 2.80. The van der Waals surface area contributed by atoms with E-state index in [-0.39, 0.29) is 10.6 Å². The third-order valence-corrected chi connectivity index (χ3v) is 7.65. The summed E-state index contributed by atoms with van der Waals surface area (Å²) in [5.41, 5.74) is 4.39. The molecule has 1 atom stereocenters. The maximum Gasteiger partial charge on any atom is 0.270 e. The molecule has 0 N–H and O–H groups in total. The van der Waals surface area contributed by atoms with Crippen LogP contribution in [0.2, 0.25) is 0 Å². The monoisotopic (exact) mass is 460 g/mol. The van der Waals surface area contributed by atoms with Crippen LogP contribution in [0.5, 0.6) is 0 Å². The number of aryl methyl sites for hydroxylation is 1. The highest BCUT2D eigenvalue weighted by molar-refractivity contribution is 8.13. The average molecular weight is 461 g/mol. The number of rotatable bonds is 10. The van der Waals surface area contributed by atoms with Crippen LogP contribution in [0.25, 0.3) is 0 Å². The van der Waals surface area contributed by atoms with Crippen molar-refractivity contribution in [2.24, 2.45) is 0 Å². The van der Waals surface area contributed by atoms with Crippen molar-refractivity contribution in [1.29, 1.82) is 0 Å². The van der Waals surface area contributed by atoms with Crippen molar-refractivity contribution in [2.45, 2.75) is 31.7 Å². The van der Waals surface area contributed by atoms with Crippen molar-refractivity contribution in [2.75, 3.05) is 52.0 Å². The molecule has 0 aliphatic carbocycles. The molecular weight excluding hydrogens is 428 g/mol. The molecule has 0 saturated carbocycles. The van der Waals surface area contributed by atoms with E-state index in [1.165, 1.54) is 5.56 Å². The Hall–Kier alpha value is -2.33. The standard InChI is InChI=1S/C23H32N4O4S/c1-5-32(26-10-8-19-7-6-9-24-21(19)17-26)22-16-20(27(28)29)15-18(2)23(22)25(11-13-30-3)12-14-31-4/h5-7,9,15-16H,8,10-14,17H2,1-4H3. The van der Waals surface area contributed by atoms with E-state index in [2.05, 4.69) is 25.6 Å². The number of anilines is 1. The number of ether oxygens (including phenoxy) is 2. The number of nitro groups is 1. The molecule has 1 aliphatic rings. The van der Waals surface area contributed by atoms with Gasteiger partial charge in [0.2, 0.25) is 0 Å². The second-order valence-electron chi connectivity index (χ2n) is 7.61. The summed E-state index contributed by atoms with van der Waals surface area (Å²) in [6, 6.07) is 7.51. The highest BCUT2D eigenvalue weighted by Gasteiger charge is 2.26. The minimum Gasteiger partial charge on any atom is -0.383 e. The number of pyridine rings is 1. The molecule has 1 aromatic heterocycles. The fourth-order valence-electron chi connectivity index (χ4n) is 4.05. The van der Waals surface area contributed by atoms with Crippen LogP contribution in [0.15, 0.2) is 35.4 Å². The van der Waals surface area contributed by atoms with Gasteiger partial charge in [0.05, 0.1) is 36.1 Å². The number of nitrogens with zero attached hydrogens (tertiary/aromatic N) is 4. The molecule has 0 radical (unpaired) electrons. The summed E-state index contributed by atoms with van der Waals surface area (Å²) in [6.07, 6.45) is 2.75. The lowest BCUT2D eigenvalue weighted by atomic mass is 10.1. The number of methoxy groups -OCH3 is 2. The minimum absolute atomic E-state index is 0.120. The third-order valence-electron chi connectivity index (χ3n) is 5.58. The summed E-state index contributed by atoms with van der Waals surface area (Å²) in [7, 11) is 2.93. The number of benzene rings is 1. The Labute approximate surface area is 192 Å². The van der Waals surface area contributed by atoms with Gasteiger partial charge >= 0.3 is 0 Å². The van der Waals surface area contributed by atoms with Crippen LogP contribution in [-0.4, -0.2) is 66.6 Å². The molecule has 9 heteroatoms. The predicted octanol–water partition coefficient (Wildman–Crippen LogP) is 3.82. The first-order chi connectivity index (χ1) is 15.5. The molecule has 2 heterocycles. The van der Waals surface area contributed by atoms with Crippen LogP contribution in [0, 0.1) is 17.0 Å². The Bertz CT molecular complexity index is 974. The summed E-state index contributed by atoms with van der Waals surface area (Å²) in [4.78, 5) is 19.2. The lowest BCUT2D eigenvalue weighted by Gasteiger charge is -2.34. The number of non-ortho nitro benzene ring substituents is 1. The summed E-state index contributed by atoms with van der Waals surface area (Å²) in [5.74, 6) is 0. The van der Waals surface area contributed by atoms with Crippen molar-refractivity contribution in [3.63, 3.8) is 0 Å². The van der Waals surface area contributed by atoms with Gasteiger partial charge in [-0.25, -0.2) is 4.31 Å². The van der Waals surface area contributed by atoms with Gasteiger partial charge in [-0.2, -0.15) is 0 Å². The van der Waals surface area contributed by atoms with Gasteiger partial charge in [0.1, 0.15) is 0 Å². The molecule has 2 aromatic rings. The van der Waals surface area contributed by atoms with Crippen LogP contribution in [-0.2, 0) is 22.4 Å². The Balaban J connectivity index is 2.08. The van der Waals surface area contributed by atoms with Gasteiger partial charge in [-0.05, 0) is 42.8 Å². The van der Waals surface area contributed by atoms with Crippen LogP contribution in [0.3, 0.4) is 0 Å². The zero-order chi connectivity index (χ0) is 23.1. The van der Waals surface area contributed by atoms with E-state index in [0.717, 1.165) is 41.4 Å².